The van der Waals surface area contributed by atoms with E-state index in [9.17, 15) is 22.4 Å². The second-order valence-corrected chi connectivity index (χ2v) is 9.58. The van der Waals surface area contributed by atoms with Crippen molar-refractivity contribution < 1.29 is 27.1 Å². The van der Waals surface area contributed by atoms with E-state index in [-0.39, 0.29) is 27.3 Å². The van der Waals surface area contributed by atoms with Crippen LogP contribution >= 0.6 is 11.8 Å². The van der Waals surface area contributed by atoms with Crippen molar-refractivity contribution in [2.24, 2.45) is 0 Å². The molecule has 0 saturated carbocycles. The minimum absolute atomic E-state index is 0.0664. The van der Waals surface area contributed by atoms with Crippen LogP contribution in [0.1, 0.15) is 5.56 Å². The van der Waals surface area contributed by atoms with E-state index in [1.165, 1.54) is 21.1 Å². The van der Waals surface area contributed by atoms with Crippen LogP contribution in [0.25, 0.3) is 0 Å². The number of thioether (sulfide) groups is 1. The number of rotatable bonds is 8. The number of aryl methyl sites for hydroxylation is 1. The molecule has 0 atom stereocenters. The molecule has 12 heteroatoms. The third kappa shape index (κ3) is 5.52. The van der Waals surface area contributed by atoms with E-state index in [0.717, 1.165) is 36.2 Å². The van der Waals surface area contributed by atoms with Gasteiger partial charge in [-0.05, 0) is 42.8 Å². The van der Waals surface area contributed by atoms with Gasteiger partial charge in [0.15, 0.2) is 21.6 Å². The highest BCUT2D eigenvalue weighted by Gasteiger charge is 2.23. The van der Waals surface area contributed by atoms with Gasteiger partial charge in [0.25, 0.3) is 5.56 Å². The third-order valence-electron chi connectivity index (χ3n) is 4.48. The predicted molar refractivity (Wildman–Crippen MR) is 120 cm³/mol. The summed E-state index contributed by atoms with van der Waals surface area (Å²) in [6.07, 6.45) is 0.918. The molecule has 0 unspecified atom stereocenters. The predicted octanol–water partition coefficient (Wildman–Crippen LogP) is 2.80. The summed E-state index contributed by atoms with van der Waals surface area (Å²) in [4.78, 5) is 30.1. The van der Waals surface area contributed by atoms with Crippen molar-refractivity contribution in [2.45, 2.75) is 21.9 Å². The molecule has 3 aromatic rings. The van der Waals surface area contributed by atoms with Crippen LogP contribution < -0.4 is 20.3 Å². The average molecular weight is 494 g/mol. The molecule has 2 N–H and O–H groups in total. The van der Waals surface area contributed by atoms with Crippen LogP contribution in [-0.2, 0) is 14.6 Å². The van der Waals surface area contributed by atoms with Crippen LogP contribution in [0.5, 0.6) is 11.5 Å². The number of methoxy groups -OCH3 is 2. The van der Waals surface area contributed by atoms with Crippen molar-refractivity contribution in [3.05, 3.63) is 64.3 Å². The molecule has 0 radical (unpaired) electrons. The molecule has 174 valence electrons. The Hall–Kier alpha value is -3.38. The fraction of sp³-hybridized carbons (Fsp3) is 0.190. The molecule has 1 heterocycles. The number of sulfone groups is 1. The monoisotopic (exact) mass is 493 g/mol. The summed E-state index contributed by atoms with van der Waals surface area (Å²) in [7, 11) is -1.22. The quantitative estimate of drug-likeness (QED) is 0.279. The molecule has 2 aromatic carbocycles. The van der Waals surface area contributed by atoms with E-state index < -0.39 is 26.1 Å². The number of nitrogens with zero attached hydrogens (tertiary/aromatic N) is 1. The van der Waals surface area contributed by atoms with Crippen LogP contribution in [0.2, 0.25) is 0 Å². The second kappa shape index (κ2) is 10.0. The highest BCUT2D eigenvalue weighted by molar-refractivity contribution is 7.99. The number of benzene rings is 2. The Morgan fingerprint density at radius 2 is 1.88 bits per heavy atom. The van der Waals surface area contributed by atoms with Crippen LogP contribution in [0.4, 0.5) is 10.1 Å². The average Bonchev–Trinajstić information content (AvgIpc) is 2.79. The Morgan fingerprint density at radius 3 is 2.52 bits per heavy atom. The van der Waals surface area contributed by atoms with Gasteiger partial charge in [-0.2, -0.15) is 0 Å². The number of hydrogen-bond acceptors (Lipinski definition) is 8. The van der Waals surface area contributed by atoms with E-state index in [1.807, 2.05) is 0 Å². The fourth-order valence-corrected chi connectivity index (χ4v) is 4.74. The molecule has 1 amide bonds. The van der Waals surface area contributed by atoms with Gasteiger partial charge < -0.3 is 19.8 Å². The maximum atomic E-state index is 13.5. The van der Waals surface area contributed by atoms with Crippen LogP contribution in [0.3, 0.4) is 0 Å². The third-order valence-corrected chi connectivity index (χ3v) is 7.11. The van der Waals surface area contributed by atoms with E-state index in [1.54, 1.807) is 18.2 Å². The minimum Gasteiger partial charge on any atom is -0.493 e. The summed E-state index contributed by atoms with van der Waals surface area (Å²) >= 11 is 0.920. The standard InChI is InChI=1S/C21H20FN3O6S2/c1-12-8-14(5-6-15(12)22)33(28,29)18-10-23-21(25-20(18)27)32-11-19(26)24-13-4-7-16(30-2)17(9-13)31-3/h4-10H,11H2,1-3H3,(H,24,26)(H,23,25,27). The Morgan fingerprint density at radius 1 is 1.15 bits per heavy atom. The molecular formula is C21H20FN3O6S2. The molecule has 33 heavy (non-hydrogen) atoms. The van der Waals surface area contributed by atoms with Crippen LogP contribution in [-0.4, -0.2) is 44.3 Å². The smallest absolute Gasteiger partial charge is 0.270 e. The van der Waals surface area contributed by atoms with Gasteiger partial charge in [-0.1, -0.05) is 11.8 Å². The topological polar surface area (TPSA) is 127 Å². The summed E-state index contributed by atoms with van der Waals surface area (Å²) in [6, 6.07) is 8.12. The number of nitrogens with one attached hydrogen (secondary N) is 2. The highest BCUT2D eigenvalue weighted by atomic mass is 32.2. The Labute approximate surface area is 193 Å². The lowest BCUT2D eigenvalue weighted by Crippen LogP contribution is -2.20. The summed E-state index contributed by atoms with van der Waals surface area (Å²) in [5.41, 5.74) is -0.279. The van der Waals surface area contributed by atoms with Crippen LogP contribution in [0.15, 0.2) is 62.3 Å². The Bertz CT molecular complexity index is 1360. The number of aromatic amines is 1. The number of halogens is 1. The normalized spacial score (nSPS) is 11.2. The van der Waals surface area contributed by atoms with Crippen molar-refractivity contribution in [3.8, 4) is 11.5 Å². The number of amides is 1. The Balaban J connectivity index is 1.70. The van der Waals surface area contributed by atoms with Gasteiger partial charge in [0.1, 0.15) is 5.82 Å². The molecule has 0 spiro atoms. The fourth-order valence-electron chi connectivity index (χ4n) is 2.79. The van der Waals surface area contributed by atoms with Crippen molar-refractivity contribution in [1.82, 2.24) is 9.97 Å². The van der Waals surface area contributed by atoms with E-state index >= 15 is 0 Å². The first kappa shape index (κ1) is 24.3. The number of anilines is 1. The van der Waals surface area contributed by atoms with Gasteiger partial charge in [0, 0.05) is 11.8 Å². The Kier molecular flexibility index (Phi) is 7.39. The van der Waals surface area contributed by atoms with E-state index in [2.05, 4.69) is 15.3 Å². The number of aromatic nitrogens is 2. The number of H-pyrrole nitrogens is 1. The maximum Gasteiger partial charge on any atom is 0.270 e. The summed E-state index contributed by atoms with van der Waals surface area (Å²) in [5, 5.41) is 2.74. The SMILES string of the molecule is COc1ccc(NC(=O)CSc2ncc(S(=O)(=O)c3ccc(F)c(C)c3)c(=O)[nH]2)cc1OC. The molecule has 0 aliphatic carbocycles. The van der Waals surface area contributed by atoms with Crippen molar-refractivity contribution in [3.63, 3.8) is 0 Å². The van der Waals surface area contributed by atoms with Crippen molar-refractivity contribution in [1.29, 1.82) is 0 Å². The molecule has 0 bridgehead atoms. The van der Waals surface area contributed by atoms with Gasteiger partial charge in [0.05, 0.1) is 31.1 Å². The minimum atomic E-state index is -4.19. The molecular weight excluding hydrogens is 473 g/mol. The van der Waals surface area contributed by atoms with Gasteiger partial charge in [0.2, 0.25) is 15.7 Å². The highest BCUT2D eigenvalue weighted by Crippen LogP contribution is 2.30. The molecule has 0 aliphatic rings. The number of carbonyl (C=O) groups is 1. The van der Waals surface area contributed by atoms with Gasteiger partial charge >= 0.3 is 0 Å². The molecule has 0 fully saturated rings. The first-order valence-electron chi connectivity index (χ1n) is 9.41. The molecule has 1 aromatic heterocycles. The van der Waals surface area contributed by atoms with E-state index in [0.29, 0.717) is 17.2 Å². The van der Waals surface area contributed by atoms with E-state index in [4.69, 9.17) is 9.47 Å². The zero-order chi connectivity index (χ0) is 24.2. The number of carbonyl (C=O) groups excluding carboxylic acids is 1. The van der Waals surface area contributed by atoms with Gasteiger partial charge in [-0.25, -0.2) is 17.8 Å². The van der Waals surface area contributed by atoms with Crippen molar-refractivity contribution >= 4 is 33.2 Å². The van der Waals surface area contributed by atoms with Gasteiger partial charge in [-0.15, -0.1) is 0 Å². The summed E-state index contributed by atoms with van der Waals surface area (Å²) in [5.74, 6) is -0.0763. The number of hydrogen-bond donors (Lipinski definition) is 2. The van der Waals surface area contributed by atoms with Crippen LogP contribution in [0, 0.1) is 12.7 Å². The first-order chi connectivity index (χ1) is 15.6. The lowest BCUT2D eigenvalue weighted by atomic mass is 10.2. The maximum absolute atomic E-state index is 13.5. The largest absolute Gasteiger partial charge is 0.493 e. The zero-order valence-corrected chi connectivity index (χ0v) is 19.5. The van der Waals surface area contributed by atoms with Gasteiger partial charge in [-0.3, -0.25) is 9.59 Å². The number of ether oxygens (including phenoxy) is 2. The summed E-state index contributed by atoms with van der Waals surface area (Å²) in [6.45, 7) is 1.42. The molecule has 0 saturated heterocycles. The second-order valence-electron chi connectivity index (χ2n) is 6.70. The first-order valence-corrected chi connectivity index (χ1v) is 11.9. The molecule has 3 rings (SSSR count). The lowest BCUT2D eigenvalue weighted by molar-refractivity contribution is -0.113. The summed E-state index contributed by atoms with van der Waals surface area (Å²) < 4.78 is 49.2. The zero-order valence-electron chi connectivity index (χ0n) is 17.8. The molecule has 9 nitrogen and oxygen atoms in total. The van der Waals surface area contributed by atoms with Crippen molar-refractivity contribution in [2.75, 3.05) is 25.3 Å². The lowest BCUT2D eigenvalue weighted by Gasteiger charge is -2.10. The molecule has 0 aliphatic heterocycles.